The van der Waals surface area contributed by atoms with Crippen LogP contribution in [0.4, 0.5) is 0 Å². The molecule has 0 amide bonds. The van der Waals surface area contributed by atoms with E-state index in [0.717, 1.165) is 25.7 Å². The first-order chi connectivity index (χ1) is 14.0. The van der Waals surface area contributed by atoms with Crippen LogP contribution in [0.25, 0.3) is 0 Å². The average Bonchev–Trinajstić information content (AvgIpc) is 3.41. The zero-order chi connectivity index (χ0) is 20.7. The molecule has 158 valence electrons. The lowest BCUT2D eigenvalue weighted by molar-refractivity contribution is 0.0456. The van der Waals surface area contributed by atoms with Crippen LogP contribution in [0.5, 0.6) is 0 Å². The first kappa shape index (κ1) is 21.3. The number of hydrogen-bond donors (Lipinski definition) is 1. The van der Waals surface area contributed by atoms with Crippen LogP contribution in [-0.4, -0.2) is 53.8 Å². The van der Waals surface area contributed by atoms with Gasteiger partial charge in [-0.15, -0.1) is 5.10 Å². The van der Waals surface area contributed by atoms with Crippen LogP contribution in [0.15, 0.2) is 29.2 Å². The number of rotatable bonds is 10. The normalized spacial score (nSPS) is 16.8. The lowest BCUT2D eigenvalue weighted by Gasteiger charge is -2.11. The summed E-state index contributed by atoms with van der Waals surface area (Å²) < 4.78 is 39.5. The largest absolute Gasteiger partial charge is 0.454 e. The minimum absolute atomic E-state index is 0.0570. The Bertz CT molecular complexity index is 907. The molecule has 10 nitrogen and oxygen atoms in total. The van der Waals surface area contributed by atoms with Gasteiger partial charge in [-0.2, -0.15) is 0 Å². The highest BCUT2D eigenvalue weighted by Crippen LogP contribution is 2.15. The van der Waals surface area contributed by atoms with Gasteiger partial charge in [-0.3, -0.25) is 0 Å². The first-order valence-corrected chi connectivity index (χ1v) is 11.1. The topological polar surface area (TPSA) is 125 Å². The van der Waals surface area contributed by atoms with Gasteiger partial charge in [-0.05, 0) is 54.0 Å². The van der Waals surface area contributed by atoms with Crippen molar-refractivity contribution in [3.8, 4) is 0 Å². The van der Waals surface area contributed by atoms with Gasteiger partial charge in [0.2, 0.25) is 10.0 Å². The Balaban J connectivity index is 1.55. The molecule has 0 spiro atoms. The molecule has 2 heterocycles. The number of tetrazole rings is 1. The van der Waals surface area contributed by atoms with Crippen LogP contribution in [0.2, 0.25) is 0 Å². The minimum Gasteiger partial charge on any atom is -0.454 e. The number of unbranched alkanes of at least 4 members (excludes halogenated alkanes) is 1. The van der Waals surface area contributed by atoms with Gasteiger partial charge in [0.05, 0.1) is 16.6 Å². The van der Waals surface area contributed by atoms with E-state index >= 15 is 0 Å². The maximum atomic E-state index is 12.4. The molecule has 1 aliphatic rings. The monoisotopic (exact) mass is 423 g/mol. The Morgan fingerprint density at radius 3 is 2.83 bits per heavy atom. The molecular formula is C18H25N5O5S. The van der Waals surface area contributed by atoms with Gasteiger partial charge in [0, 0.05) is 19.7 Å². The first-order valence-electron chi connectivity index (χ1n) is 9.63. The van der Waals surface area contributed by atoms with Gasteiger partial charge in [0.1, 0.15) is 0 Å². The number of aryl methyl sites for hydroxylation is 1. The van der Waals surface area contributed by atoms with Crippen molar-refractivity contribution in [1.82, 2.24) is 24.9 Å². The summed E-state index contributed by atoms with van der Waals surface area (Å²) in [4.78, 5) is 12.3. The van der Waals surface area contributed by atoms with E-state index < -0.39 is 16.0 Å². The van der Waals surface area contributed by atoms with E-state index in [9.17, 15) is 13.2 Å². The van der Waals surface area contributed by atoms with E-state index in [1.165, 1.54) is 24.3 Å². The van der Waals surface area contributed by atoms with Gasteiger partial charge in [-0.1, -0.05) is 13.3 Å². The Morgan fingerprint density at radius 2 is 2.14 bits per heavy atom. The summed E-state index contributed by atoms with van der Waals surface area (Å²) in [6.07, 6.45) is 3.61. The van der Waals surface area contributed by atoms with Crippen LogP contribution < -0.4 is 4.72 Å². The van der Waals surface area contributed by atoms with E-state index in [1.54, 1.807) is 4.68 Å². The SMILES string of the molecule is CCCCn1nnnc1COC(=O)c1ccc(S(=O)(=O)NCC2CCCO2)cc1. The summed E-state index contributed by atoms with van der Waals surface area (Å²) >= 11 is 0. The quantitative estimate of drug-likeness (QED) is 0.567. The zero-order valence-corrected chi connectivity index (χ0v) is 17.1. The molecule has 1 saturated heterocycles. The van der Waals surface area contributed by atoms with Gasteiger partial charge < -0.3 is 9.47 Å². The highest BCUT2D eigenvalue weighted by molar-refractivity contribution is 7.89. The molecular weight excluding hydrogens is 398 g/mol. The second-order valence-corrected chi connectivity index (χ2v) is 8.53. The number of aromatic nitrogens is 4. The van der Waals surface area contributed by atoms with Crippen molar-refractivity contribution in [2.24, 2.45) is 0 Å². The predicted octanol–water partition coefficient (Wildman–Crippen LogP) is 1.29. The number of benzene rings is 1. The fourth-order valence-corrected chi connectivity index (χ4v) is 3.95. The van der Waals surface area contributed by atoms with Crippen molar-refractivity contribution in [1.29, 1.82) is 0 Å². The molecule has 2 aromatic rings. The molecule has 3 rings (SSSR count). The number of nitrogens with one attached hydrogen (secondary N) is 1. The number of carbonyl (C=O) groups excluding carboxylic acids is 1. The third-order valence-electron chi connectivity index (χ3n) is 4.59. The maximum Gasteiger partial charge on any atom is 0.338 e. The van der Waals surface area contributed by atoms with Crippen LogP contribution in [-0.2, 0) is 32.6 Å². The van der Waals surface area contributed by atoms with E-state index in [4.69, 9.17) is 9.47 Å². The second kappa shape index (κ2) is 9.90. The van der Waals surface area contributed by atoms with E-state index in [2.05, 4.69) is 27.2 Å². The Hall–Kier alpha value is -2.37. The van der Waals surface area contributed by atoms with Crippen molar-refractivity contribution in [2.45, 2.75) is 56.8 Å². The molecule has 0 bridgehead atoms. The van der Waals surface area contributed by atoms with Crippen molar-refractivity contribution in [3.63, 3.8) is 0 Å². The zero-order valence-electron chi connectivity index (χ0n) is 16.3. The highest BCUT2D eigenvalue weighted by atomic mass is 32.2. The number of esters is 1. The van der Waals surface area contributed by atoms with Gasteiger partial charge >= 0.3 is 5.97 Å². The van der Waals surface area contributed by atoms with E-state index in [-0.39, 0.29) is 29.7 Å². The molecule has 1 aliphatic heterocycles. The van der Waals surface area contributed by atoms with Crippen LogP contribution in [0.1, 0.15) is 48.8 Å². The summed E-state index contributed by atoms with van der Waals surface area (Å²) in [7, 11) is -3.66. The van der Waals surface area contributed by atoms with Gasteiger partial charge in [0.25, 0.3) is 0 Å². The summed E-state index contributed by atoms with van der Waals surface area (Å²) in [5.41, 5.74) is 0.246. The third-order valence-corrected chi connectivity index (χ3v) is 6.03. The number of nitrogens with zero attached hydrogens (tertiary/aromatic N) is 4. The van der Waals surface area contributed by atoms with Crippen LogP contribution >= 0.6 is 0 Å². The average molecular weight is 423 g/mol. The fraction of sp³-hybridized carbons (Fsp3) is 0.556. The van der Waals surface area contributed by atoms with Crippen molar-refractivity contribution >= 4 is 16.0 Å². The molecule has 0 aliphatic carbocycles. The molecule has 1 unspecified atom stereocenters. The van der Waals surface area contributed by atoms with Crippen LogP contribution in [0.3, 0.4) is 0 Å². The Kier molecular flexibility index (Phi) is 7.29. The molecule has 1 aromatic carbocycles. The highest BCUT2D eigenvalue weighted by Gasteiger charge is 2.21. The Morgan fingerprint density at radius 1 is 1.34 bits per heavy atom. The number of carbonyl (C=O) groups is 1. The molecule has 0 saturated carbocycles. The fourth-order valence-electron chi connectivity index (χ4n) is 2.88. The lowest BCUT2D eigenvalue weighted by atomic mass is 10.2. The summed E-state index contributed by atoms with van der Waals surface area (Å²) in [5.74, 6) is -0.115. The number of hydrogen-bond acceptors (Lipinski definition) is 8. The lowest BCUT2D eigenvalue weighted by Crippen LogP contribution is -2.31. The second-order valence-electron chi connectivity index (χ2n) is 6.76. The molecule has 29 heavy (non-hydrogen) atoms. The Labute approximate surface area is 169 Å². The minimum atomic E-state index is -3.66. The number of sulfonamides is 1. The van der Waals surface area contributed by atoms with Crippen molar-refractivity contribution in [3.05, 3.63) is 35.7 Å². The summed E-state index contributed by atoms with van der Waals surface area (Å²) in [6.45, 7) is 3.55. The standard InChI is InChI=1S/C18H25N5O5S/c1-2-3-10-23-17(20-21-22-23)13-28-18(24)14-6-8-16(9-7-14)29(25,26)19-12-15-5-4-11-27-15/h6-9,15,19H,2-5,10-13H2,1H3. The predicted molar refractivity (Wildman–Crippen MR) is 102 cm³/mol. The summed E-state index contributed by atoms with van der Waals surface area (Å²) in [6, 6.07) is 5.59. The van der Waals surface area contributed by atoms with Crippen molar-refractivity contribution in [2.75, 3.05) is 13.2 Å². The third kappa shape index (κ3) is 5.81. The van der Waals surface area contributed by atoms with Crippen molar-refractivity contribution < 1.29 is 22.7 Å². The smallest absolute Gasteiger partial charge is 0.338 e. The molecule has 1 N–H and O–H groups in total. The molecule has 0 radical (unpaired) electrons. The number of ether oxygens (including phenoxy) is 2. The molecule has 11 heteroatoms. The molecule has 1 aromatic heterocycles. The summed E-state index contributed by atoms with van der Waals surface area (Å²) in [5, 5.41) is 11.3. The van der Waals surface area contributed by atoms with E-state index in [1.807, 2.05) is 0 Å². The molecule has 1 fully saturated rings. The van der Waals surface area contributed by atoms with E-state index in [0.29, 0.717) is 19.0 Å². The van der Waals surface area contributed by atoms with Gasteiger partial charge in [-0.25, -0.2) is 22.6 Å². The molecule has 1 atom stereocenters. The van der Waals surface area contributed by atoms with Crippen LogP contribution in [0, 0.1) is 0 Å². The van der Waals surface area contributed by atoms with Gasteiger partial charge in [0.15, 0.2) is 12.4 Å². The maximum absolute atomic E-state index is 12.4.